The van der Waals surface area contributed by atoms with Crippen LogP contribution in [-0.2, 0) is 0 Å². The zero-order valence-electron chi connectivity index (χ0n) is 17.4. The molecule has 9 heteroatoms. The molecule has 3 heterocycles. The van der Waals surface area contributed by atoms with Gasteiger partial charge in [0.2, 0.25) is 0 Å². The Morgan fingerprint density at radius 2 is 1.81 bits per heavy atom. The van der Waals surface area contributed by atoms with Crippen molar-refractivity contribution in [1.29, 1.82) is 0 Å². The second kappa shape index (κ2) is 9.49. The Morgan fingerprint density at radius 1 is 1.06 bits per heavy atom. The smallest absolute Gasteiger partial charge is 0.328 e. The molecule has 0 spiro atoms. The molecule has 0 aliphatic carbocycles. The molecule has 2 aliphatic heterocycles. The number of aliphatic hydroxyl groups excluding tert-OH is 1. The van der Waals surface area contributed by atoms with E-state index in [1.54, 1.807) is 24.3 Å². The van der Waals surface area contributed by atoms with Gasteiger partial charge in [-0.15, -0.1) is 0 Å². The van der Waals surface area contributed by atoms with Crippen molar-refractivity contribution in [2.24, 2.45) is 0 Å². The molecule has 2 atom stereocenters. The number of likely N-dealkylation sites (tertiary alicyclic amines) is 2. The lowest BCUT2D eigenvalue weighted by molar-refractivity contribution is 0.0764. The van der Waals surface area contributed by atoms with Crippen molar-refractivity contribution in [2.45, 2.75) is 31.4 Å². The monoisotopic (exact) mass is 428 g/mol. The molecule has 1 amide bonds. The Hall–Kier alpha value is -2.91. The average molecular weight is 428 g/mol. The lowest BCUT2D eigenvalue weighted by atomic mass is 10.1. The zero-order chi connectivity index (χ0) is 21.8. The molecule has 0 bridgehead atoms. The van der Waals surface area contributed by atoms with Gasteiger partial charge in [-0.25, -0.2) is 4.79 Å². The van der Waals surface area contributed by atoms with Crippen LogP contribution in [0.5, 0.6) is 5.75 Å². The Morgan fingerprint density at radius 3 is 2.52 bits per heavy atom. The quantitative estimate of drug-likeness (QED) is 0.692. The van der Waals surface area contributed by atoms with E-state index >= 15 is 0 Å². The van der Waals surface area contributed by atoms with Crippen LogP contribution in [0.15, 0.2) is 46.1 Å². The fourth-order valence-corrected chi connectivity index (χ4v) is 4.25. The Labute approximate surface area is 179 Å². The fraction of sp³-hybridized carbons (Fsp3) is 0.500. The van der Waals surface area contributed by atoms with Gasteiger partial charge >= 0.3 is 5.69 Å². The lowest BCUT2D eigenvalue weighted by Gasteiger charge is -2.26. The van der Waals surface area contributed by atoms with Crippen LogP contribution in [0.3, 0.4) is 0 Å². The van der Waals surface area contributed by atoms with Crippen LogP contribution in [0, 0.1) is 0 Å². The molecule has 2 N–H and O–H groups in total. The van der Waals surface area contributed by atoms with Crippen molar-refractivity contribution in [1.82, 2.24) is 19.4 Å². The van der Waals surface area contributed by atoms with Gasteiger partial charge in [0.25, 0.3) is 11.5 Å². The van der Waals surface area contributed by atoms with Gasteiger partial charge in [0.1, 0.15) is 12.4 Å². The summed E-state index contributed by atoms with van der Waals surface area (Å²) >= 11 is 0. The predicted molar refractivity (Wildman–Crippen MR) is 114 cm³/mol. The van der Waals surface area contributed by atoms with E-state index < -0.39 is 23.4 Å². The van der Waals surface area contributed by atoms with Crippen LogP contribution in [0.2, 0.25) is 0 Å². The molecule has 0 saturated carbocycles. The van der Waals surface area contributed by atoms with Crippen molar-refractivity contribution in [3.8, 4) is 5.75 Å². The number of ether oxygens (including phenoxy) is 1. The summed E-state index contributed by atoms with van der Waals surface area (Å²) in [7, 11) is 0. The maximum atomic E-state index is 12.9. The van der Waals surface area contributed by atoms with Gasteiger partial charge in [0.05, 0.1) is 12.1 Å². The Balaban J connectivity index is 1.33. The number of nitrogens with one attached hydrogen (secondary N) is 1. The van der Waals surface area contributed by atoms with E-state index in [1.165, 1.54) is 41.0 Å². The second-order valence-electron chi connectivity index (χ2n) is 8.14. The molecular formula is C22H28N4O5. The standard InChI is InChI=1S/C22H28N4O5/c27-19-15-25(14-18(19)26-11-8-20(28)23-22(26)30)21(29)16-4-6-17(7-5-16)31-13-12-24-9-2-1-3-10-24/h4-8,11,18-19,27H,1-3,9-10,12-15H2,(H,23,28,30)/t18-,19-/m0/s1. The SMILES string of the molecule is O=C(c1ccc(OCCN2CCCCC2)cc1)N1C[C@H](O)[C@@H](n2ccc(=O)[nH]c2=O)C1. The molecule has 0 radical (unpaired) electrons. The molecule has 2 aromatic rings. The number of aromatic nitrogens is 2. The first-order chi connectivity index (χ1) is 15.0. The van der Waals surface area contributed by atoms with Gasteiger partial charge in [-0.1, -0.05) is 6.42 Å². The number of hydrogen-bond donors (Lipinski definition) is 2. The maximum Gasteiger partial charge on any atom is 0.328 e. The molecular weight excluding hydrogens is 400 g/mol. The van der Waals surface area contributed by atoms with E-state index in [0.717, 1.165) is 19.6 Å². The number of carbonyl (C=O) groups excluding carboxylic acids is 1. The largest absolute Gasteiger partial charge is 0.492 e. The average Bonchev–Trinajstić information content (AvgIpc) is 3.16. The number of H-pyrrole nitrogens is 1. The number of carbonyl (C=O) groups is 1. The molecule has 4 rings (SSSR count). The predicted octanol–water partition coefficient (Wildman–Crippen LogP) is 0.459. The first-order valence-electron chi connectivity index (χ1n) is 10.8. The van der Waals surface area contributed by atoms with Crippen molar-refractivity contribution < 1.29 is 14.6 Å². The minimum absolute atomic E-state index is 0.114. The zero-order valence-corrected chi connectivity index (χ0v) is 17.4. The van der Waals surface area contributed by atoms with Crippen LogP contribution >= 0.6 is 0 Å². The number of rotatable bonds is 6. The number of amides is 1. The van der Waals surface area contributed by atoms with Gasteiger partial charge in [-0.3, -0.25) is 24.0 Å². The number of β-amino-alcohol motifs (C(OH)–C–C–N with tert-alkyl or cyclic N) is 1. The summed E-state index contributed by atoms with van der Waals surface area (Å²) in [5.74, 6) is 0.492. The second-order valence-corrected chi connectivity index (χ2v) is 8.14. The van der Waals surface area contributed by atoms with E-state index in [-0.39, 0.29) is 19.0 Å². The minimum atomic E-state index is -0.898. The molecule has 1 aromatic carbocycles. The van der Waals surface area contributed by atoms with Gasteiger partial charge < -0.3 is 14.7 Å². The summed E-state index contributed by atoms with van der Waals surface area (Å²) in [5.41, 5.74) is -0.609. The third kappa shape index (κ3) is 5.05. The first-order valence-corrected chi connectivity index (χ1v) is 10.8. The van der Waals surface area contributed by atoms with Crippen LogP contribution in [0.1, 0.15) is 35.7 Å². The third-order valence-electron chi connectivity index (χ3n) is 5.98. The van der Waals surface area contributed by atoms with Crippen LogP contribution < -0.4 is 16.0 Å². The van der Waals surface area contributed by atoms with Crippen LogP contribution in [0.4, 0.5) is 0 Å². The number of hydrogen-bond acceptors (Lipinski definition) is 6. The van der Waals surface area contributed by atoms with Crippen LogP contribution in [0.25, 0.3) is 0 Å². The van der Waals surface area contributed by atoms with Crippen molar-refractivity contribution in [3.05, 3.63) is 62.9 Å². The fourth-order valence-electron chi connectivity index (χ4n) is 4.25. The molecule has 0 unspecified atom stereocenters. The lowest BCUT2D eigenvalue weighted by Crippen LogP contribution is -2.36. The summed E-state index contributed by atoms with van der Waals surface area (Å²) in [6.45, 7) is 4.07. The van der Waals surface area contributed by atoms with E-state index in [0.29, 0.717) is 17.9 Å². The van der Waals surface area contributed by atoms with Crippen molar-refractivity contribution in [2.75, 3.05) is 39.3 Å². The first kappa shape index (κ1) is 21.3. The van der Waals surface area contributed by atoms with Gasteiger partial charge in [0.15, 0.2) is 0 Å². The Kier molecular flexibility index (Phi) is 6.53. The van der Waals surface area contributed by atoms with E-state index in [4.69, 9.17) is 4.74 Å². The van der Waals surface area contributed by atoms with Gasteiger partial charge in [0, 0.05) is 37.5 Å². The van der Waals surface area contributed by atoms with Crippen molar-refractivity contribution in [3.63, 3.8) is 0 Å². The van der Waals surface area contributed by atoms with Crippen LogP contribution in [-0.4, -0.2) is 75.8 Å². The maximum absolute atomic E-state index is 12.9. The van der Waals surface area contributed by atoms with E-state index in [2.05, 4.69) is 9.88 Å². The molecule has 166 valence electrons. The molecule has 2 aliphatic rings. The number of benzene rings is 1. The topological polar surface area (TPSA) is 108 Å². The van der Waals surface area contributed by atoms with Crippen molar-refractivity contribution >= 4 is 5.91 Å². The summed E-state index contributed by atoms with van der Waals surface area (Å²) < 4.78 is 7.07. The number of aromatic amines is 1. The summed E-state index contributed by atoms with van der Waals surface area (Å²) in [4.78, 5) is 42.2. The van der Waals surface area contributed by atoms with Gasteiger partial charge in [-0.2, -0.15) is 0 Å². The normalized spacial score (nSPS) is 21.9. The number of piperidine rings is 1. The minimum Gasteiger partial charge on any atom is -0.492 e. The highest BCUT2D eigenvalue weighted by Gasteiger charge is 2.36. The summed E-state index contributed by atoms with van der Waals surface area (Å²) in [5, 5.41) is 10.4. The highest BCUT2D eigenvalue weighted by atomic mass is 16.5. The number of aliphatic hydroxyl groups is 1. The molecule has 31 heavy (non-hydrogen) atoms. The highest BCUT2D eigenvalue weighted by molar-refractivity contribution is 5.94. The van der Waals surface area contributed by atoms with E-state index in [1.807, 2.05) is 0 Å². The molecule has 2 saturated heterocycles. The number of nitrogens with zero attached hydrogens (tertiary/aromatic N) is 3. The Bertz CT molecular complexity index is 1010. The van der Waals surface area contributed by atoms with E-state index in [9.17, 15) is 19.5 Å². The highest BCUT2D eigenvalue weighted by Crippen LogP contribution is 2.23. The molecule has 9 nitrogen and oxygen atoms in total. The molecule has 1 aromatic heterocycles. The molecule has 2 fully saturated rings. The summed E-state index contributed by atoms with van der Waals surface area (Å²) in [6, 6.07) is 7.60. The summed E-state index contributed by atoms with van der Waals surface area (Å²) in [6.07, 6.45) is 4.26. The van der Waals surface area contributed by atoms with Gasteiger partial charge in [-0.05, 0) is 50.2 Å². The third-order valence-corrected chi connectivity index (χ3v) is 5.98.